The molecule has 0 unspecified atom stereocenters. The molecule has 0 bridgehead atoms. The van der Waals surface area contributed by atoms with E-state index in [9.17, 15) is 19.7 Å². The molecule has 0 aliphatic rings. The Morgan fingerprint density at radius 3 is 2.20 bits per heavy atom. The van der Waals surface area contributed by atoms with Gasteiger partial charge in [0.05, 0.1) is 11.3 Å². The topological polar surface area (TPSA) is 118 Å². The number of carboxylic acid groups (broad SMARTS) is 2. The Hall–Kier alpha value is -2.18. The van der Waals surface area contributed by atoms with E-state index in [4.69, 9.17) is 10.2 Å². The van der Waals surface area contributed by atoms with Gasteiger partial charge in [0.25, 0.3) is 5.70 Å². The number of carboxylic acids is 2. The molecular formula is C8H9NO6. The first-order valence-corrected chi connectivity index (χ1v) is 3.86. The van der Waals surface area contributed by atoms with Crippen LogP contribution in [0.5, 0.6) is 0 Å². The van der Waals surface area contributed by atoms with Crippen LogP contribution in [0.15, 0.2) is 23.4 Å². The van der Waals surface area contributed by atoms with Gasteiger partial charge in [-0.3, -0.25) is 14.9 Å². The van der Waals surface area contributed by atoms with Crippen LogP contribution in [0.2, 0.25) is 0 Å². The summed E-state index contributed by atoms with van der Waals surface area (Å²) >= 11 is 0. The summed E-state index contributed by atoms with van der Waals surface area (Å²) in [7, 11) is 0. The Morgan fingerprint density at radius 1 is 1.40 bits per heavy atom. The van der Waals surface area contributed by atoms with Gasteiger partial charge in [-0.1, -0.05) is 6.08 Å². The number of hydrogen-bond donors (Lipinski definition) is 2. The summed E-state index contributed by atoms with van der Waals surface area (Å²) in [6, 6.07) is 0. The second-order valence-electron chi connectivity index (χ2n) is 2.45. The van der Waals surface area contributed by atoms with Crippen molar-refractivity contribution in [3.05, 3.63) is 33.5 Å². The minimum absolute atomic E-state index is 0.577. The van der Waals surface area contributed by atoms with Crippen LogP contribution < -0.4 is 0 Å². The molecule has 0 heterocycles. The lowest BCUT2D eigenvalue weighted by molar-refractivity contribution is -0.420. The van der Waals surface area contributed by atoms with Crippen LogP contribution in [0.1, 0.15) is 13.3 Å². The molecule has 2 N–H and O–H groups in total. The highest BCUT2D eigenvalue weighted by molar-refractivity contribution is 5.91. The quantitative estimate of drug-likeness (QED) is 0.301. The van der Waals surface area contributed by atoms with Crippen LogP contribution in [-0.2, 0) is 9.59 Å². The smallest absolute Gasteiger partial charge is 0.342 e. The maximum Gasteiger partial charge on any atom is 0.342 e. The van der Waals surface area contributed by atoms with Crippen molar-refractivity contribution < 1.29 is 24.7 Å². The van der Waals surface area contributed by atoms with Crippen molar-refractivity contribution in [2.45, 2.75) is 13.3 Å². The number of hydrogen-bond acceptors (Lipinski definition) is 4. The Bertz CT molecular complexity index is 354. The van der Waals surface area contributed by atoms with Crippen molar-refractivity contribution >= 4 is 11.9 Å². The molecule has 0 fully saturated rings. The average molecular weight is 215 g/mol. The van der Waals surface area contributed by atoms with Crippen LogP contribution in [0, 0.1) is 10.1 Å². The third kappa shape index (κ3) is 4.03. The van der Waals surface area contributed by atoms with Crippen molar-refractivity contribution in [1.82, 2.24) is 0 Å². The van der Waals surface area contributed by atoms with Crippen LogP contribution in [0.3, 0.4) is 0 Å². The lowest BCUT2D eigenvalue weighted by Crippen LogP contribution is -2.11. The highest BCUT2D eigenvalue weighted by Crippen LogP contribution is 2.11. The summed E-state index contributed by atoms with van der Waals surface area (Å²) in [4.78, 5) is 30.3. The molecule has 82 valence electrons. The van der Waals surface area contributed by atoms with Gasteiger partial charge in [-0.15, -0.1) is 0 Å². The summed E-state index contributed by atoms with van der Waals surface area (Å²) in [6.07, 6.45) is 1.22. The zero-order valence-electron chi connectivity index (χ0n) is 7.84. The molecule has 0 aromatic heterocycles. The summed E-state index contributed by atoms with van der Waals surface area (Å²) in [6.45, 7) is 1.30. The molecule has 0 radical (unpaired) electrons. The lowest BCUT2D eigenvalue weighted by Gasteiger charge is -1.98. The van der Waals surface area contributed by atoms with Crippen molar-refractivity contribution in [2.75, 3.05) is 0 Å². The minimum atomic E-state index is -1.53. The molecule has 0 atom stereocenters. The number of nitrogens with zero attached hydrogens (tertiary/aromatic N) is 1. The second kappa shape index (κ2) is 5.53. The fourth-order valence-corrected chi connectivity index (χ4v) is 0.850. The zero-order chi connectivity index (χ0) is 12.0. The minimum Gasteiger partial charge on any atom is -0.481 e. The van der Waals surface area contributed by atoms with Gasteiger partial charge in [0.1, 0.15) is 5.57 Å². The van der Waals surface area contributed by atoms with Gasteiger partial charge in [-0.05, 0) is 13.0 Å². The van der Waals surface area contributed by atoms with Crippen molar-refractivity contribution in [3.8, 4) is 0 Å². The van der Waals surface area contributed by atoms with E-state index in [0.717, 1.165) is 12.2 Å². The maximum atomic E-state index is 10.6. The summed E-state index contributed by atoms with van der Waals surface area (Å²) in [5, 5.41) is 27.3. The number of carbonyl (C=O) groups is 2. The van der Waals surface area contributed by atoms with E-state index < -0.39 is 34.6 Å². The predicted octanol–water partition coefficient (Wildman–Crippen LogP) is 0.653. The normalized spacial score (nSPS) is 12.3. The first-order valence-electron chi connectivity index (χ1n) is 3.86. The van der Waals surface area contributed by atoms with E-state index in [1.54, 1.807) is 0 Å². The van der Waals surface area contributed by atoms with E-state index in [2.05, 4.69) is 0 Å². The zero-order valence-corrected chi connectivity index (χ0v) is 7.84. The Labute approximate surface area is 84.5 Å². The summed E-state index contributed by atoms with van der Waals surface area (Å²) < 4.78 is 0. The lowest BCUT2D eigenvalue weighted by atomic mass is 10.1. The molecule has 0 aromatic rings. The SMILES string of the molecule is C/C=C(\C(=C/CC(=O)O)C(=O)O)[N+](=O)[O-]. The largest absolute Gasteiger partial charge is 0.481 e. The molecule has 0 saturated heterocycles. The highest BCUT2D eigenvalue weighted by Gasteiger charge is 2.22. The fourth-order valence-electron chi connectivity index (χ4n) is 0.850. The molecule has 0 rings (SSSR count). The van der Waals surface area contributed by atoms with Crippen LogP contribution in [0.4, 0.5) is 0 Å². The molecule has 0 spiro atoms. The van der Waals surface area contributed by atoms with Crippen molar-refractivity contribution in [1.29, 1.82) is 0 Å². The van der Waals surface area contributed by atoms with E-state index >= 15 is 0 Å². The first-order chi connectivity index (χ1) is 6.90. The number of rotatable bonds is 5. The third-order valence-corrected chi connectivity index (χ3v) is 1.46. The molecule has 0 aromatic carbocycles. The maximum absolute atomic E-state index is 10.6. The monoisotopic (exact) mass is 215 g/mol. The van der Waals surface area contributed by atoms with Gasteiger partial charge in [0.2, 0.25) is 0 Å². The van der Waals surface area contributed by atoms with Gasteiger partial charge < -0.3 is 10.2 Å². The van der Waals surface area contributed by atoms with E-state index in [-0.39, 0.29) is 0 Å². The van der Waals surface area contributed by atoms with Crippen LogP contribution in [-0.4, -0.2) is 27.1 Å². The van der Waals surface area contributed by atoms with Crippen LogP contribution >= 0.6 is 0 Å². The van der Waals surface area contributed by atoms with Gasteiger partial charge in [0.15, 0.2) is 0 Å². The standard InChI is InChI=1S/C8H9NO6/c1-2-6(9(14)15)5(8(12)13)3-4-7(10)11/h2-3H,4H2,1H3,(H,10,11)(H,12,13)/b5-3+,6-2+. The Kier molecular flexibility index (Phi) is 4.73. The molecule has 7 nitrogen and oxygen atoms in total. The Morgan fingerprint density at radius 2 is 1.93 bits per heavy atom. The molecule has 7 heteroatoms. The number of allylic oxidation sites excluding steroid dienone is 1. The van der Waals surface area contributed by atoms with Gasteiger partial charge in [-0.2, -0.15) is 0 Å². The Balaban J connectivity index is 5.13. The van der Waals surface area contributed by atoms with Crippen LogP contribution in [0.25, 0.3) is 0 Å². The van der Waals surface area contributed by atoms with Crippen molar-refractivity contribution in [2.24, 2.45) is 0 Å². The average Bonchev–Trinajstić information content (AvgIpc) is 2.10. The molecule has 15 heavy (non-hydrogen) atoms. The van der Waals surface area contributed by atoms with Crippen molar-refractivity contribution in [3.63, 3.8) is 0 Å². The summed E-state index contributed by atoms with van der Waals surface area (Å²) in [5.41, 5.74) is -1.24. The fraction of sp³-hybridized carbons (Fsp3) is 0.250. The van der Waals surface area contributed by atoms with Gasteiger partial charge in [0, 0.05) is 0 Å². The highest BCUT2D eigenvalue weighted by atomic mass is 16.6. The summed E-state index contributed by atoms with van der Waals surface area (Å²) in [5.74, 6) is -2.78. The molecular weight excluding hydrogens is 206 g/mol. The van der Waals surface area contributed by atoms with E-state index in [0.29, 0.717) is 0 Å². The number of aliphatic carboxylic acids is 2. The molecule has 0 saturated carbocycles. The van der Waals surface area contributed by atoms with Gasteiger partial charge in [-0.25, -0.2) is 4.79 Å². The van der Waals surface area contributed by atoms with Gasteiger partial charge >= 0.3 is 11.9 Å². The molecule has 0 amide bonds. The molecule has 0 aliphatic heterocycles. The first kappa shape index (κ1) is 12.8. The predicted molar refractivity (Wildman–Crippen MR) is 48.7 cm³/mol. The second-order valence-corrected chi connectivity index (χ2v) is 2.45. The van der Waals surface area contributed by atoms with E-state index in [1.165, 1.54) is 6.92 Å². The third-order valence-electron chi connectivity index (χ3n) is 1.46. The van der Waals surface area contributed by atoms with E-state index in [1.807, 2.05) is 0 Å². The number of nitro groups is 1. The molecule has 0 aliphatic carbocycles.